The van der Waals surface area contributed by atoms with Gasteiger partial charge in [0.05, 0.1) is 10.6 Å². The summed E-state index contributed by atoms with van der Waals surface area (Å²) < 4.78 is 1.77. The maximum absolute atomic E-state index is 12.1. The first-order chi connectivity index (χ1) is 8.58. The van der Waals surface area contributed by atoms with E-state index in [-0.39, 0.29) is 5.91 Å². The molecule has 2 aromatic rings. The third kappa shape index (κ3) is 3.24. The average Bonchev–Trinajstić information content (AvgIpc) is 2.32. The highest BCUT2D eigenvalue weighted by atomic mass is 127. The molecule has 92 valence electrons. The fraction of sp³-hybridized carbons (Fsp3) is 0. The molecule has 0 aliphatic carbocycles. The average molecular weight is 436 g/mol. The van der Waals surface area contributed by atoms with Crippen LogP contribution in [0.3, 0.4) is 0 Å². The van der Waals surface area contributed by atoms with Crippen molar-refractivity contribution in [1.82, 2.24) is 0 Å². The predicted octanol–water partition coefficient (Wildman–Crippen LogP) is 4.96. The van der Waals surface area contributed by atoms with E-state index in [1.54, 1.807) is 18.2 Å². The van der Waals surface area contributed by atoms with Gasteiger partial charge in [-0.05, 0) is 68.9 Å². The Kier molecular flexibility index (Phi) is 4.64. The molecule has 0 fully saturated rings. The van der Waals surface area contributed by atoms with Crippen molar-refractivity contribution in [3.8, 4) is 0 Å². The van der Waals surface area contributed by atoms with Crippen molar-refractivity contribution in [1.29, 1.82) is 0 Å². The molecule has 0 spiro atoms. The van der Waals surface area contributed by atoms with Crippen LogP contribution in [0.4, 0.5) is 5.69 Å². The number of rotatable bonds is 2. The molecule has 0 aromatic heterocycles. The third-order valence-electron chi connectivity index (χ3n) is 2.28. The van der Waals surface area contributed by atoms with Gasteiger partial charge >= 0.3 is 0 Å². The molecule has 0 saturated heterocycles. The molecule has 0 bridgehead atoms. The molecule has 2 aromatic carbocycles. The molecule has 0 atom stereocenters. The van der Waals surface area contributed by atoms with E-state index >= 15 is 0 Å². The zero-order chi connectivity index (χ0) is 13.1. The van der Waals surface area contributed by atoms with Crippen LogP contribution >= 0.6 is 50.1 Å². The van der Waals surface area contributed by atoms with Crippen LogP contribution in [-0.2, 0) is 0 Å². The fourth-order valence-corrected chi connectivity index (χ4v) is 2.56. The zero-order valence-corrected chi connectivity index (χ0v) is 13.6. The van der Waals surface area contributed by atoms with Gasteiger partial charge < -0.3 is 5.32 Å². The van der Waals surface area contributed by atoms with Gasteiger partial charge in [-0.1, -0.05) is 23.7 Å². The summed E-state index contributed by atoms with van der Waals surface area (Å²) in [6.07, 6.45) is 0. The van der Waals surface area contributed by atoms with Crippen molar-refractivity contribution in [3.63, 3.8) is 0 Å². The van der Waals surface area contributed by atoms with Gasteiger partial charge in [-0.15, -0.1) is 0 Å². The molecule has 0 heterocycles. The molecule has 0 radical (unpaired) electrons. The highest BCUT2D eigenvalue weighted by Crippen LogP contribution is 2.26. The summed E-state index contributed by atoms with van der Waals surface area (Å²) >= 11 is 11.6. The Balaban J connectivity index is 2.25. The second kappa shape index (κ2) is 6.04. The summed E-state index contributed by atoms with van der Waals surface area (Å²) in [5.74, 6) is -0.219. The Labute approximate surface area is 132 Å². The molecular formula is C13H8BrClINO. The van der Waals surface area contributed by atoms with Crippen LogP contribution in [0.1, 0.15) is 10.4 Å². The fourth-order valence-electron chi connectivity index (χ4n) is 1.44. The van der Waals surface area contributed by atoms with Gasteiger partial charge in [0.15, 0.2) is 0 Å². The van der Waals surface area contributed by atoms with Crippen LogP contribution in [0, 0.1) is 3.57 Å². The summed E-state index contributed by atoms with van der Waals surface area (Å²) in [5.41, 5.74) is 1.20. The SMILES string of the molecule is O=C(Nc1cccc(I)c1)c1cccc(Br)c1Cl. The van der Waals surface area contributed by atoms with E-state index in [1.807, 2.05) is 24.3 Å². The minimum atomic E-state index is -0.219. The Morgan fingerprint density at radius 3 is 2.67 bits per heavy atom. The monoisotopic (exact) mass is 435 g/mol. The normalized spacial score (nSPS) is 10.2. The second-order valence-corrected chi connectivity index (χ2v) is 6.04. The van der Waals surface area contributed by atoms with Crippen molar-refractivity contribution in [2.75, 3.05) is 5.32 Å². The Morgan fingerprint density at radius 2 is 1.94 bits per heavy atom. The van der Waals surface area contributed by atoms with Crippen LogP contribution in [0.5, 0.6) is 0 Å². The van der Waals surface area contributed by atoms with E-state index in [4.69, 9.17) is 11.6 Å². The topological polar surface area (TPSA) is 29.1 Å². The minimum Gasteiger partial charge on any atom is -0.322 e. The number of benzene rings is 2. The quantitative estimate of drug-likeness (QED) is 0.663. The van der Waals surface area contributed by atoms with E-state index in [1.165, 1.54) is 0 Å². The van der Waals surface area contributed by atoms with Crippen LogP contribution < -0.4 is 5.32 Å². The van der Waals surface area contributed by atoms with Crippen molar-refractivity contribution >= 4 is 61.7 Å². The first-order valence-electron chi connectivity index (χ1n) is 5.09. The number of nitrogens with one attached hydrogen (secondary N) is 1. The maximum Gasteiger partial charge on any atom is 0.257 e. The van der Waals surface area contributed by atoms with E-state index in [2.05, 4.69) is 43.8 Å². The number of hydrogen-bond acceptors (Lipinski definition) is 1. The van der Waals surface area contributed by atoms with Gasteiger partial charge in [-0.25, -0.2) is 0 Å². The lowest BCUT2D eigenvalue weighted by atomic mass is 10.2. The van der Waals surface area contributed by atoms with E-state index in [0.717, 1.165) is 9.26 Å². The number of hydrogen-bond donors (Lipinski definition) is 1. The second-order valence-electron chi connectivity index (χ2n) is 3.57. The standard InChI is InChI=1S/C13H8BrClINO/c14-11-6-2-5-10(12(11)15)13(18)17-9-4-1-3-8(16)7-9/h1-7H,(H,17,18). The molecule has 0 aliphatic rings. The Bertz CT molecular complexity index is 603. The molecule has 0 aliphatic heterocycles. The number of carbonyl (C=O) groups is 1. The number of carbonyl (C=O) groups excluding carboxylic acids is 1. The lowest BCUT2D eigenvalue weighted by molar-refractivity contribution is 0.102. The molecule has 2 nitrogen and oxygen atoms in total. The third-order valence-corrected chi connectivity index (χ3v) is 4.25. The lowest BCUT2D eigenvalue weighted by Crippen LogP contribution is -2.12. The predicted molar refractivity (Wildman–Crippen MR) is 86.3 cm³/mol. The molecule has 18 heavy (non-hydrogen) atoms. The van der Waals surface area contributed by atoms with Crippen molar-refractivity contribution in [2.24, 2.45) is 0 Å². The summed E-state index contributed by atoms with van der Waals surface area (Å²) in [7, 11) is 0. The van der Waals surface area contributed by atoms with Gasteiger partial charge in [0, 0.05) is 13.7 Å². The van der Waals surface area contributed by atoms with Gasteiger partial charge in [0.1, 0.15) is 0 Å². The summed E-state index contributed by atoms with van der Waals surface area (Å²) in [6, 6.07) is 12.8. The maximum atomic E-state index is 12.1. The minimum absolute atomic E-state index is 0.219. The molecule has 0 saturated carbocycles. The summed E-state index contributed by atoms with van der Waals surface area (Å²) in [4.78, 5) is 12.1. The number of halogens is 3. The first kappa shape index (κ1) is 13.8. The molecule has 2 rings (SSSR count). The zero-order valence-electron chi connectivity index (χ0n) is 9.08. The van der Waals surface area contributed by atoms with Crippen molar-refractivity contribution < 1.29 is 4.79 Å². The summed E-state index contributed by atoms with van der Waals surface area (Å²) in [5, 5.41) is 3.24. The molecule has 1 N–H and O–H groups in total. The van der Waals surface area contributed by atoms with Gasteiger partial charge in [-0.2, -0.15) is 0 Å². The highest BCUT2D eigenvalue weighted by molar-refractivity contribution is 14.1. The van der Waals surface area contributed by atoms with Crippen LogP contribution in [-0.4, -0.2) is 5.91 Å². The van der Waals surface area contributed by atoms with E-state index in [9.17, 15) is 4.79 Å². The largest absolute Gasteiger partial charge is 0.322 e. The van der Waals surface area contributed by atoms with Crippen LogP contribution in [0.2, 0.25) is 5.02 Å². The Morgan fingerprint density at radius 1 is 1.22 bits per heavy atom. The van der Waals surface area contributed by atoms with E-state index < -0.39 is 0 Å². The molecule has 5 heteroatoms. The highest BCUT2D eigenvalue weighted by Gasteiger charge is 2.12. The molecule has 0 unspecified atom stereocenters. The lowest BCUT2D eigenvalue weighted by Gasteiger charge is -2.08. The molecule has 1 amide bonds. The smallest absolute Gasteiger partial charge is 0.257 e. The van der Waals surface area contributed by atoms with Crippen LogP contribution in [0.25, 0.3) is 0 Å². The first-order valence-corrected chi connectivity index (χ1v) is 7.34. The van der Waals surface area contributed by atoms with Gasteiger partial charge in [0.25, 0.3) is 5.91 Å². The van der Waals surface area contributed by atoms with E-state index in [0.29, 0.717) is 15.1 Å². The van der Waals surface area contributed by atoms with Gasteiger partial charge in [-0.3, -0.25) is 4.79 Å². The van der Waals surface area contributed by atoms with Gasteiger partial charge in [0.2, 0.25) is 0 Å². The van der Waals surface area contributed by atoms with Crippen molar-refractivity contribution in [3.05, 3.63) is 61.1 Å². The number of anilines is 1. The summed E-state index contributed by atoms with van der Waals surface area (Å²) in [6.45, 7) is 0. The Hall–Kier alpha value is -0.590. The van der Waals surface area contributed by atoms with Crippen LogP contribution in [0.15, 0.2) is 46.9 Å². The van der Waals surface area contributed by atoms with Crippen molar-refractivity contribution in [2.45, 2.75) is 0 Å². The number of amides is 1. The molecular weight excluding hydrogens is 428 g/mol.